The van der Waals surface area contributed by atoms with Crippen molar-refractivity contribution in [3.05, 3.63) is 90.4 Å². The highest BCUT2D eigenvalue weighted by atomic mass is 127. The van der Waals surface area contributed by atoms with Crippen LogP contribution in [-0.2, 0) is 6.61 Å². The van der Waals surface area contributed by atoms with Crippen LogP contribution in [0, 0.1) is 3.57 Å². The molecule has 0 bridgehead atoms. The van der Waals surface area contributed by atoms with E-state index in [1.54, 1.807) is 0 Å². The lowest BCUT2D eigenvalue weighted by atomic mass is 10.2. The first kappa shape index (κ1) is 18.6. The van der Waals surface area contributed by atoms with E-state index in [4.69, 9.17) is 4.74 Å². The largest absolute Gasteiger partial charge is 0.489 e. The van der Waals surface area contributed by atoms with E-state index >= 15 is 0 Å². The van der Waals surface area contributed by atoms with Crippen LogP contribution in [0.25, 0.3) is 0 Å². The molecule has 3 aromatic carbocycles. The summed E-state index contributed by atoms with van der Waals surface area (Å²) >= 11 is 9.29. The number of aliphatic imine (C=N–C) groups is 1. The number of hydrogen-bond donors (Lipinski definition) is 0. The van der Waals surface area contributed by atoms with Crippen molar-refractivity contribution >= 4 is 66.4 Å². The van der Waals surface area contributed by atoms with Gasteiger partial charge in [0.05, 0.1) is 5.69 Å². The summed E-state index contributed by atoms with van der Waals surface area (Å²) in [5.41, 5.74) is 3.09. The standard InChI is InChI=1S/C20H14Br2INO/c21-16-7-6-15(20(22)10-16)13-25-19-8-4-14(5-9-19)12-24-18-3-1-2-17(23)11-18/h1-12H,13H2. The summed E-state index contributed by atoms with van der Waals surface area (Å²) < 4.78 is 9.10. The van der Waals surface area contributed by atoms with Gasteiger partial charge in [0.1, 0.15) is 12.4 Å². The number of hydrogen-bond acceptors (Lipinski definition) is 2. The Morgan fingerprint density at radius 3 is 2.48 bits per heavy atom. The van der Waals surface area contributed by atoms with E-state index in [1.807, 2.05) is 66.9 Å². The van der Waals surface area contributed by atoms with Crippen LogP contribution < -0.4 is 4.74 Å². The molecule has 0 aliphatic carbocycles. The average molecular weight is 571 g/mol. The highest BCUT2D eigenvalue weighted by Crippen LogP contribution is 2.23. The van der Waals surface area contributed by atoms with Gasteiger partial charge in [0.25, 0.3) is 0 Å². The third-order valence-electron chi connectivity index (χ3n) is 3.46. The van der Waals surface area contributed by atoms with Crippen LogP contribution in [0.3, 0.4) is 0 Å². The monoisotopic (exact) mass is 569 g/mol. The van der Waals surface area contributed by atoms with Gasteiger partial charge >= 0.3 is 0 Å². The minimum absolute atomic E-state index is 0.518. The summed E-state index contributed by atoms with van der Waals surface area (Å²) in [6, 6.07) is 22.1. The summed E-state index contributed by atoms with van der Waals surface area (Å²) in [6.07, 6.45) is 1.86. The molecule has 0 radical (unpaired) electrons. The Hall–Kier alpha value is -1.18. The molecule has 0 fully saturated rings. The maximum absolute atomic E-state index is 5.86. The van der Waals surface area contributed by atoms with Crippen molar-refractivity contribution in [2.24, 2.45) is 4.99 Å². The third kappa shape index (κ3) is 5.66. The van der Waals surface area contributed by atoms with Crippen molar-refractivity contribution < 1.29 is 4.74 Å². The molecule has 0 heterocycles. The fraction of sp³-hybridized carbons (Fsp3) is 0.0500. The molecule has 5 heteroatoms. The minimum atomic E-state index is 0.518. The molecule has 25 heavy (non-hydrogen) atoms. The summed E-state index contributed by atoms with van der Waals surface area (Å²) in [5.74, 6) is 0.834. The number of benzene rings is 3. The Labute approximate surface area is 177 Å². The van der Waals surface area contributed by atoms with Gasteiger partial charge in [-0.25, -0.2) is 0 Å². The van der Waals surface area contributed by atoms with Crippen molar-refractivity contribution in [3.8, 4) is 5.75 Å². The van der Waals surface area contributed by atoms with E-state index in [2.05, 4.69) is 65.5 Å². The maximum Gasteiger partial charge on any atom is 0.119 e. The lowest BCUT2D eigenvalue weighted by Crippen LogP contribution is -1.96. The normalized spacial score (nSPS) is 11.0. The van der Waals surface area contributed by atoms with Crippen LogP contribution in [0.15, 0.2) is 80.7 Å². The molecule has 0 saturated carbocycles. The zero-order valence-electron chi connectivity index (χ0n) is 13.1. The predicted molar refractivity (Wildman–Crippen MR) is 119 cm³/mol. The smallest absolute Gasteiger partial charge is 0.119 e. The highest BCUT2D eigenvalue weighted by Gasteiger charge is 2.02. The van der Waals surface area contributed by atoms with Gasteiger partial charge in [-0.15, -0.1) is 0 Å². The van der Waals surface area contributed by atoms with Crippen LogP contribution in [0.5, 0.6) is 5.75 Å². The molecule has 0 saturated heterocycles. The van der Waals surface area contributed by atoms with Crippen molar-refractivity contribution in [1.82, 2.24) is 0 Å². The van der Waals surface area contributed by atoms with Crippen molar-refractivity contribution in [2.75, 3.05) is 0 Å². The topological polar surface area (TPSA) is 21.6 Å². The lowest BCUT2D eigenvalue weighted by Gasteiger charge is -2.08. The van der Waals surface area contributed by atoms with Crippen molar-refractivity contribution in [2.45, 2.75) is 6.61 Å². The Balaban J connectivity index is 1.62. The van der Waals surface area contributed by atoms with Crippen LogP contribution >= 0.6 is 54.5 Å². The SMILES string of the molecule is Brc1ccc(COc2ccc(C=Nc3cccc(I)c3)cc2)c(Br)c1. The Morgan fingerprint density at radius 1 is 0.960 bits per heavy atom. The zero-order valence-corrected chi connectivity index (χ0v) is 18.5. The first-order valence-corrected chi connectivity index (χ1v) is 10.2. The second kappa shape index (κ2) is 8.96. The molecule has 0 amide bonds. The molecule has 0 spiro atoms. The van der Waals surface area contributed by atoms with Gasteiger partial charge in [-0.3, -0.25) is 4.99 Å². The predicted octanol–water partition coefficient (Wildman–Crippen LogP) is 7.15. The van der Waals surface area contributed by atoms with E-state index in [0.717, 1.165) is 31.5 Å². The second-order valence-electron chi connectivity index (χ2n) is 5.33. The molecular weight excluding hydrogens is 557 g/mol. The molecule has 3 aromatic rings. The van der Waals surface area contributed by atoms with Gasteiger partial charge in [0.2, 0.25) is 0 Å². The molecule has 0 aliphatic rings. The Bertz CT molecular complexity index is 894. The number of rotatable bonds is 5. The molecule has 0 unspecified atom stereocenters. The molecule has 126 valence electrons. The molecule has 0 N–H and O–H groups in total. The van der Waals surface area contributed by atoms with Gasteiger partial charge in [-0.1, -0.05) is 44.0 Å². The van der Waals surface area contributed by atoms with Crippen LogP contribution in [0.2, 0.25) is 0 Å². The third-order valence-corrected chi connectivity index (χ3v) is 5.36. The average Bonchev–Trinajstić information content (AvgIpc) is 2.60. The first-order chi connectivity index (χ1) is 12.1. The number of ether oxygens (including phenoxy) is 1. The molecular formula is C20H14Br2INO. The van der Waals surface area contributed by atoms with Gasteiger partial charge in [0, 0.05) is 24.3 Å². The van der Waals surface area contributed by atoms with Crippen LogP contribution in [0.1, 0.15) is 11.1 Å². The van der Waals surface area contributed by atoms with Gasteiger partial charge in [-0.2, -0.15) is 0 Å². The molecule has 3 rings (SSSR count). The van der Waals surface area contributed by atoms with E-state index < -0.39 is 0 Å². The van der Waals surface area contributed by atoms with Gasteiger partial charge in [-0.05, 0) is 82.8 Å². The molecule has 0 aliphatic heterocycles. The molecule has 0 aromatic heterocycles. The van der Waals surface area contributed by atoms with Crippen LogP contribution in [-0.4, -0.2) is 6.21 Å². The van der Waals surface area contributed by atoms with E-state index in [0.29, 0.717) is 6.61 Å². The molecule has 0 atom stereocenters. The Morgan fingerprint density at radius 2 is 1.76 bits per heavy atom. The van der Waals surface area contributed by atoms with Crippen molar-refractivity contribution in [3.63, 3.8) is 0 Å². The van der Waals surface area contributed by atoms with Gasteiger partial charge in [0.15, 0.2) is 0 Å². The van der Waals surface area contributed by atoms with Crippen molar-refractivity contribution in [1.29, 1.82) is 0 Å². The fourth-order valence-electron chi connectivity index (χ4n) is 2.16. The zero-order chi connectivity index (χ0) is 17.6. The lowest BCUT2D eigenvalue weighted by molar-refractivity contribution is 0.305. The summed E-state index contributed by atoms with van der Waals surface area (Å²) in [5, 5.41) is 0. The Kier molecular flexibility index (Phi) is 6.67. The van der Waals surface area contributed by atoms with E-state index in [-0.39, 0.29) is 0 Å². The quantitative estimate of drug-likeness (QED) is 0.236. The second-order valence-corrected chi connectivity index (χ2v) is 8.35. The van der Waals surface area contributed by atoms with E-state index in [1.165, 1.54) is 3.57 Å². The summed E-state index contributed by atoms with van der Waals surface area (Å²) in [7, 11) is 0. The molecule has 2 nitrogen and oxygen atoms in total. The number of nitrogens with zero attached hydrogens (tertiary/aromatic N) is 1. The highest BCUT2D eigenvalue weighted by molar-refractivity contribution is 14.1. The van der Waals surface area contributed by atoms with Crippen LogP contribution in [0.4, 0.5) is 5.69 Å². The minimum Gasteiger partial charge on any atom is -0.489 e. The summed E-state index contributed by atoms with van der Waals surface area (Å²) in [4.78, 5) is 4.50. The van der Waals surface area contributed by atoms with Gasteiger partial charge < -0.3 is 4.74 Å². The first-order valence-electron chi connectivity index (χ1n) is 7.56. The number of halogens is 3. The fourth-order valence-corrected chi connectivity index (χ4v) is 3.84. The maximum atomic E-state index is 5.86. The summed E-state index contributed by atoms with van der Waals surface area (Å²) in [6.45, 7) is 0.518. The van der Waals surface area contributed by atoms with E-state index in [9.17, 15) is 0 Å².